The van der Waals surface area contributed by atoms with Crippen molar-refractivity contribution in [2.45, 2.75) is 37.8 Å². The summed E-state index contributed by atoms with van der Waals surface area (Å²) >= 11 is 0. The summed E-state index contributed by atoms with van der Waals surface area (Å²) in [5, 5.41) is 16.6. The molecule has 5 nitrogen and oxygen atoms in total. The number of anilines is 1. The molecule has 0 bridgehead atoms. The molecule has 1 aromatic heterocycles. The van der Waals surface area contributed by atoms with Gasteiger partial charge in [-0.25, -0.2) is 4.79 Å². The molecule has 2 amide bonds. The lowest BCUT2D eigenvalue weighted by molar-refractivity contribution is 0.0955. The molecule has 0 spiro atoms. The van der Waals surface area contributed by atoms with Crippen LogP contribution in [0.3, 0.4) is 0 Å². The zero-order valence-corrected chi connectivity index (χ0v) is 11.2. The number of hydrogen-bond donors (Lipinski definition) is 4. The first kappa shape index (κ1) is 13.0. The molecule has 3 rings (SSSR count). The van der Waals surface area contributed by atoms with Gasteiger partial charge in [-0.1, -0.05) is 12.8 Å². The minimum Gasteiger partial charge on any atom is -0.391 e. The molecule has 1 aliphatic rings. The molecule has 5 heteroatoms. The Hall–Kier alpha value is -2.01. The van der Waals surface area contributed by atoms with Crippen LogP contribution in [0.15, 0.2) is 30.5 Å². The Balaban J connectivity index is 1.63. The van der Waals surface area contributed by atoms with Crippen LogP contribution in [0.5, 0.6) is 0 Å². The van der Waals surface area contributed by atoms with E-state index in [-0.39, 0.29) is 12.1 Å². The Morgan fingerprint density at radius 3 is 2.95 bits per heavy atom. The number of carbonyl (C=O) groups is 1. The molecule has 20 heavy (non-hydrogen) atoms. The van der Waals surface area contributed by atoms with E-state index < -0.39 is 6.10 Å². The van der Waals surface area contributed by atoms with Gasteiger partial charge in [0.05, 0.1) is 12.1 Å². The minimum atomic E-state index is -0.429. The number of aromatic nitrogens is 1. The van der Waals surface area contributed by atoms with Crippen LogP contribution in [-0.4, -0.2) is 28.3 Å². The maximum Gasteiger partial charge on any atom is 0.319 e. The molecule has 0 radical (unpaired) electrons. The van der Waals surface area contributed by atoms with Crippen molar-refractivity contribution in [3.05, 3.63) is 30.5 Å². The van der Waals surface area contributed by atoms with Crippen molar-refractivity contribution in [2.24, 2.45) is 0 Å². The molecule has 1 saturated carbocycles. The fraction of sp³-hybridized carbons (Fsp3) is 0.400. The van der Waals surface area contributed by atoms with Crippen LogP contribution in [0, 0.1) is 0 Å². The topological polar surface area (TPSA) is 77.2 Å². The highest BCUT2D eigenvalue weighted by molar-refractivity contribution is 5.92. The summed E-state index contributed by atoms with van der Waals surface area (Å²) in [7, 11) is 0. The van der Waals surface area contributed by atoms with Crippen molar-refractivity contribution in [1.29, 1.82) is 0 Å². The number of rotatable bonds is 2. The second-order valence-electron chi connectivity index (χ2n) is 5.34. The molecule has 0 saturated heterocycles. The Kier molecular flexibility index (Phi) is 3.60. The molecule has 1 heterocycles. The predicted octanol–water partition coefficient (Wildman–Crippen LogP) is 2.59. The van der Waals surface area contributed by atoms with Gasteiger partial charge in [-0.05, 0) is 37.1 Å². The fourth-order valence-corrected chi connectivity index (χ4v) is 2.75. The SMILES string of the molecule is O=C(Nc1ccc2[nH]ccc2c1)NC1CCCCC1O. The third-order valence-electron chi connectivity index (χ3n) is 3.86. The number of hydrogen-bond acceptors (Lipinski definition) is 2. The molecule has 1 aliphatic carbocycles. The predicted molar refractivity (Wildman–Crippen MR) is 78.7 cm³/mol. The second-order valence-corrected chi connectivity index (χ2v) is 5.34. The van der Waals surface area contributed by atoms with Crippen LogP contribution in [0.1, 0.15) is 25.7 Å². The van der Waals surface area contributed by atoms with Crippen LogP contribution in [0.2, 0.25) is 0 Å². The Morgan fingerprint density at radius 2 is 2.10 bits per heavy atom. The van der Waals surface area contributed by atoms with Crippen LogP contribution in [0.25, 0.3) is 10.9 Å². The molecule has 0 aliphatic heterocycles. The highest BCUT2D eigenvalue weighted by Gasteiger charge is 2.24. The van der Waals surface area contributed by atoms with E-state index in [0.717, 1.165) is 42.3 Å². The van der Waals surface area contributed by atoms with E-state index >= 15 is 0 Å². The van der Waals surface area contributed by atoms with Crippen molar-refractivity contribution in [3.63, 3.8) is 0 Å². The number of aliphatic hydroxyl groups excluding tert-OH is 1. The third kappa shape index (κ3) is 2.77. The van der Waals surface area contributed by atoms with Gasteiger partial charge in [-0.3, -0.25) is 0 Å². The Bertz CT molecular complexity index is 608. The van der Waals surface area contributed by atoms with Crippen molar-refractivity contribution in [3.8, 4) is 0 Å². The normalized spacial score (nSPS) is 22.6. The number of H-pyrrole nitrogens is 1. The van der Waals surface area contributed by atoms with E-state index in [4.69, 9.17) is 0 Å². The fourth-order valence-electron chi connectivity index (χ4n) is 2.75. The lowest BCUT2D eigenvalue weighted by atomic mass is 9.93. The van der Waals surface area contributed by atoms with Gasteiger partial charge in [-0.15, -0.1) is 0 Å². The summed E-state index contributed by atoms with van der Waals surface area (Å²) in [6.45, 7) is 0. The minimum absolute atomic E-state index is 0.139. The molecule has 1 aromatic carbocycles. The van der Waals surface area contributed by atoms with E-state index in [1.54, 1.807) is 0 Å². The first-order valence-electron chi connectivity index (χ1n) is 7.05. The van der Waals surface area contributed by atoms with Crippen LogP contribution in [0.4, 0.5) is 10.5 Å². The van der Waals surface area contributed by atoms with Gasteiger partial charge in [0.15, 0.2) is 0 Å². The number of benzene rings is 1. The standard InChI is InChI=1S/C15H19N3O2/c19-14-4-2-1-3-13(14)18-15(20)17-11-5-6-12-10(9-11)7-8-16-12/h5-9,13-14,16,19H,1-4H2,(H2,17,18,20). The van der Waals surface area contributed by atoms with E-state index in [0.29, 0.717) is 0 Å². The number of amides is 2. The number of nitrogens with one attached hydrogen (secondary N) is 3. The van der Waals surface area contributed by atoms with Crippen LogP contribution >= 0.6 is 0 Å². The van der Waals surface area contributed by atoms with Gasteiger partial charge in [0.2, 0.25) is 0 Å². The van der Waals surface area contributed by atoms with Gasteiger partial charge >= 0.3 is 6.03 Å². The van der Waals surface area contributed by atoms with Crippen molar-refractivity contribution in [1.82, 2.24) is 10.3 Å². The second kappa shape index (κ2) is 5.54. The van der Waals surface area contributed by atoms with E-state index in [1.165, 1.54) is 0 Å². The number of fused-ring (bicyclic) bond motifs is 1. The average molecular weight is 273 g/mol. The summed E-state index contributed by atoms with van der Waals surface area (Å²) in [4.78, 5) is 15.1. The summed E-state index contributed by atoms with van der Waals surface area (Å²) in [6.07, 6.45) is 5.13. The van der Waals surface area contributed by atoms with E-state index in [1.807, 2.05) is 30.5 Å². The molecule has 106 valence electrons. The third-order valence-corrected chi connectivity index (χ3v) is 3.86. The summed E-state index contributed by atoms with van der Waals surface area (Å²) in [5.74, 6) is 0. The highest BCUT2D eigenvalue weighted by Crippen LogP contribution is 2.20. The maximum atomic E-state index is 12.0. The van der Waals surface area contributed by atoms with E-state index in [2.05, 4.69) is 15.6 Å². The van der Waals surface area contributed by atoms with Crippen LogP contribution in [-0.2, 0) is 0 Å². The number of aromatic amines is 1. The largest absolute Gasteiger partial charge is 0.391 e. The number of aliphatic hydroxyl groups is 1. The van der Waals surface area contributed by atoms with Gasteiger partial charge in [0.25, 0.3) is 0 Å². The first-order chi connectivity index (χ1) is 9.72. The van der Waals surface area contributed by atoms with Crippen molar-refractivity contribution < 1.29 is 9.90 Å². The molecule has 1 fully saturated rings. The smallest absolute Gasteiger partial charge is 0.319 e. The van der Waals surface area contributed by atoms with Crippen molar-refractivity contribution in [2.75, 3.05) is 5.32 Å². The number of urea groups is 1. The average Bonchev–Trinajstić information content (AvgIpc) is 2.89. The Morgan fingerprint density at radius 1 is 1.25 bits per heavy atom. The Labute approximate surface area is 117 Å². The first-order valence-corrected chi connectivity index (χ1v) is 7.05. The summed E-state index contributed by atoms with van der Waals surface area (Å²) < 4.78 is 0. The molecule has 2 atom stereocenters. The zero-order chi connectivity index (χ0) is 13.9. The molecule has 2 unspecified atom stereocenters. The van der Waals surface area contributed by atoms with Crippen LogP contribution < -0.4 is 10.6 Å². The van der Waals surface area contributed by atoms with Gasteiger partial charge in [0, 0.05) is 22.8 Å². The van der Waals surface area contributed by atoms with Gasteiger partial charge in [-0.2, -0.15) is 0 Å². The molecule has 2 aromatic rings. The summed E-state index contributed by atoms with van der Waals surface area (Å²) in [6, 6.07) is 7.27. The quantitative estimate of drug-likeness (QED) is 0.678. The van der Waals surface area contributed by atoms with Gasteiger partial charge < -0.3 is 20.7 Å². The van der Waals surface area contributed by atoms with E-state index in [9.17, 15) is 9.90 Å². The van der Waals surface area contributed by atoms with Gasteiger partial charge in [0.1, 0.15) is 0 Å². The number of carbonyl (C=O) groups excluding carboxylic acids is 1. The lowest BCUT2D eigenvalue weighted by Crippen LogP contribution is -2.46. The maximum absolute atomic E-state index is 12.0. The molecular formula is C15H19N3O2. The molecule has 4 N–H and O–H groups in total. The van der Waals surface area contributed by atoms with Crippen molar-refractivity contribution >= 4 is 22.6 Å². The zero-order valence-electron chi connectivity index (χ0n) is 11.2. The highest BCUT2D eigenvalue weighted by atomic mass is 16.3. The lowest BCUT2D eigenvalue weighted by Gasteiger charge is -2.28. The summed E-state index contributed by atoms with van der Waals surface area (Å²) in [5.41, 5.74) is 1.79. The molecular weight excluding hydrogens is 254 g/mol. The monoisotopic (exact) mass is 273 g/mol.